The van der Waals surface area contributed by atoms with E-state index in [0.29, 0.717) is 34.5 Å². The Kier molecular flexibility index (Phi) is 7.61. The van der Waals surface area contributed by atoms with Crippen molar-refractivity contribution in [2.75, 3.05) is 23.3 Å². The van der Waals surface area contributed by atoms with E-state index in [9.17, 15) is 13.2 Å². The summed E-state index contributed by atoms with van der Waals surface area (Å²) in [7, 11) is -3.77. The van der Waals surface area contributed by atoms with Gasteiger partial charge in [-0.25, -0.2) is 8.42 Å². The van der Waals surface area contributed by atoms with Crippen molar-refractivity contribution in [3.8, 4) is 11.5 Å². The van der Waals surface area contributed by atoms with Crippen LogP contribution in [0.1, 0.15) is 12.5 Å². The first-order valence-corrected chi connectivity index (χ1v) is 11.7. The topological polar surface area (TPSA) is 93.7 Å². The summed E-state index contributed by atoms with van der Waals surface area (Å²) in [5.74, 6) is 0.660. The van der Waals surface area contributed by atoms with Crippen molar-refractivity contribution in [1.29, 1.82) is 0 Å². The zero-order valence-electron chi connectivity index (χ0n) is 17.6. The number of halogens is 1. The number of hydrogen-bond acceptors (Lipinski definition) is 5. The van der Waals surface area contributed by atoms with Crippen LogP contribution < -0.4 is 19.5 Å². The maximum Gasteiger partial charge on any atom is 0.262 e. The van der Waals surface area contributed by atoms with Crippen LogP contribution in [0.2, 0.25) is 5.02 Å². The Labute approximate surface area is 192 Å². The number of aryl methyl sites for hydroxylation is 1. The number of benzene rings is 3. The molecular formula is C23H23ClN2O5S. The van der Waals surface area contributed by atoms with Crippen molar-refractivity contribution in [2.45, 2.75) is 18.7 Å². The molecule has 0 radical (unpaired) electrons. The van der Waals surface area contributed by atoms with E-state index < -0.39 is 10.0 Å². The molecule has 0 fully saturated rings. The molecule has 168 valence electrons. The second kappa shape index (κ2) is 10.4. The number of amides is 1. The molecule has 3 rings (SSSR count). The summed E-state index contributed by atoms with van der Waals surface area (Å²) in [4.78, 5) is 12.1. The molecule has 0 atom stereocenters. The maximum atomic E-state index is 12.6. The van der Waals surface area contributed by atoms with E-state index in [1.807, 2.05) is 13.8 Å². The van der Waals surface area contributed by atoms with Crippen LogP contribution in [0.25, 0.3) is 0 Å². The van der Waals surface area contributed by atoms with E-state index in [-0.39, 0.29) is 17.4 Å². The highest BCUT2D eigenvalue weighted by Gasteiger charge is 2.14. The number of carbonyl (C=O) groups excluding carboxylic acids is 1. The lowest BCUT2D eigenvalue weighted by Gasteiger charge is -2.11. The smallest absolute Gasteiger partial charge is 0.262 e. The van der Waals surface area contributed by atoms with Gasteiger partial charge in [-0.2, -0.15) is 0 Å². The third-order valence-corrected chi connectivity index (χ3v) is 6.18. The largest absolute Gasteiger partial charge is 0.494 e. The number of rotatable bonds is 9. The SMILES string of the molecule is CCOc1ccc(NS(=O)(=O)c2ccc(OCC(=O)Nc3ccc(C)c(Cl)c3)cc2)cc1. The first-order chi connectivity index (χ1) is 15.3. The molecule has 0 aliphatic heterocycles. The summed E-state index contributed by atoms with van der Waals surface area (Å²) < 4.78 is 38.5. The fourth-order valence-corrected chi connectivity index (χ4v) is 3.97. The summed E-state index contributed by atoms with van der Waals surface area (Å²) in [5.41, 5.74) is 1.89. The Bertz CT molecular complexity index is 1180. The second-order valence-electron chi connectivity index (χ2n) is 6.84. The summed E-state index contributed by atoms with van der Waals surface area (Å²) in [6.45, 7) is 4.04. The summed E-state index contributed by atoms with van der Waals surface area (Å²) in [6, 6.07) is 17.6. The molecule has 7 nitrogen and oxygen atoms in total. The van der Waals surface area contributed by atoms with Gasteiger partial charge in [0.15, 0.2) is 6.61 Å². The fourth-order valence-electron chi connectivity index (χ4n) is 2.73. The van der Waals surface area contributed by atoms with Gasteiger partial charge < -0.3 is 14.8 Å². The van der Waals surface area contributed by atoms with Gasteiger partial charge in [0.2, 0.25) is 0 Å². The zero-order valence-corrected chi connectivity index (χ0v) is 19.2. The fraction of sp³-hybridized carbons (Fsp3) is 0.174. The van der Waals surface area contributed by atoms with E-state index in [1.54, 1.807) is 42.5 Å². The predicted molar refractivity (Wildman–Crippen MR) is 125 cm³/mol. The zero-order chi connectivity index (χ0) is 23.1. The minimum atomic E-state index is -3.77. The van der Waals surface area contributed by atoms with E-state index in [0.717, 1.165) is 5.56 Å². The van der Waals surface area contributed by atoms with E-state index in [1.165, 1.54) is 24.3 Å². The molecule has 2 N–H and O–H groups in total. The Balaban J connectivity index is 1.56. The van der Waals surface area contributed by atoms with Crippen LogP contribution in [-0.2, 0) is 14.8 Å². The minimum absolute atomic E-state index is 0.0671. The molecule has 9 heteroatoms. The summed E-state index contributed by atoms with van der Waals surface area (Å²) in [5, 5.41) is 3.25. The van der Waals surface area contributed by atoms with Crippen molar-refractivity contribution >= 4 is 38.9 Å². The van der Waals surface area contributed by atoms with Crippen LogP contribution in [0, 0.1) is 6.92 Å². The molecule has 0 heterocycles. The lowest BCUT2D eigenvalue weighted by molar-refractivity contribution is -0.118. The van der Waals surface area contributed by atoms with Crippen LogP contribution in [-0.4, -0.2) is 27.5 Å². The highest BCUT2D eigenvalue weighted by atomic mass is 35.5. The molecule has 0 saturated carbocycles. The van der Waals surface area contributed by atoms with Gasteiger partial charge in [-0.3, -0.25) is 9.52 Å². The molecule has 0 saturated heterocycles. The monoisotopic (exact) mass is 474 g/mol. The molecule has 0 aromatic heterocycles. The number of sulfonamides is 1. The number of carbonyl (C=O) groups is 1. The Morgan fingerprint density at radius 2 is 1.50 bits per heavy atom. The maximum absolute atomic E-state index is 12.6. The Morgan fingerprint density at radius 1 is 0.906 bits per heavy atom. The molecule has 0 aliphatic carbocycles. The van der Waals surface area contributed by atoms with Gasteiger partial charge in [0, 0.05) is 16.4 Å². The quantitative estimate of drug-likeness (QED) is 0.461. The lowest BCUT2D eigenvalue weighted by Crippen LogP contribution is -2.20. The Hall–Kier alpha value is -3.23. The van der Waals surface area contributed by atoms with Crippen LogP contribution in [0.5, 0.6) is 11.5 Å². The number of hydrogen-bond donors (Lipinski definition) is 2. The van der Waals surface area contributed by atoms with Crippen LogP contribution in [0.3, 0.4) is 0 Å². The Morgan fingerprint density at radius 3 is 2.12 bits per heavy atom. The van der Waals surface area contributed by atoms with Gasteiger partial charge in [-0.15, -0.1) is 0 Å². The van der Waals surface area contributed by atoms with Crippen molar-refractivity contribution in [1.82, 2.24) is 0 Å². The van der Waals surface area contributed by atoms with Crippen molar-refractivity contribution in [3.05, 3.63) is 77.3 Å². The molecule has 3 aromatic rings. The third-order valence-electron chi connectivity index (χ3n) is 4.38. The molecular weight excluding hydrogens is 452 g/mol. The van der Waals surface area contributed by atoms with Gasteiger partial charge in [0.05, 0.1) is 11.5 Å². The van der Waals surface area contributed by atoms with Gasteiger partial charge in [0.1, 0.15) is 11.5 Å². The first kappa shape index (κ1) is 23.4. The van der Waals surface area contributed by atoms with Gasteiger partial charge in [-0.05, 0) is 80.1 Å². The van der Waals surface area contributed by atoms with Crippen molar-refractivity contribution in [3.63, 3.8) is 0 Å². The molecule has 0 spiro atoms. The second-order valence-corrected chi connectivity index (χ2v) is 8.92. The van der Waals surface area contributed by atoms with Crippen LogP contribution in [0.4, 0.5) is 11.4 Å². The average molecular weight is 475 g/mol. The number of nitrogens with one attached hydrogen (secondary N) is 2. The van der Waals surface area contributed by atoms with Crippen LogP contribution in [0.15, 0.2) is 71.6 Å². The predicted octanol–water partition coefficient (Wildman–Crippen LogP) is 4.87. The average Bonchev–Trinajstić information content (AvgIpc) is 2.76. The summed E-state index contributed by atoms with van der Waals surface area (Å²) in [6.07, 6.45) is 0. The highest BCUT2D eigenvalue weighted by Crippen LogP contribution is 2.22. The van der Waals surface area contributed by atoms with Gasteiger partial charge in [0.25, 0.3) is 15.9 Å². The molecule has 1 amide bonds. The molecule has 3 aromatic carbocycles. The summed E-state index contributed by atoms with van der Waals surface area (Å²) >= 11 is 6.05. The first-order valence-electron chi connectivity index (χ1n) is 9.81. The molecule has 0 unspecified atom stereocenters. The number of anilines is 2. The number of ether oxygens (including phenoxy) is 2. The third kappa shape index (κ3) is 6.38. The van der Waals surface area contributed by atoms with E-state index in [4.69, 9.17) is 21.1 Å². The van der Waals surface area contributed by atoms with E-state index in [2.05, 4.69) is 10.0 Å². The van der Waals surface area contributed by atoms with Gasteiger partial charge in [-0.1, -0.05) is 17.7 Å². The normalized spacial score (nSPS) is 11.0. The highest BCUT2D eigenvalue weighted by molar-refractivity contribution is 7.92. The molecule has 0 bridgehead atoms. The van der Waals surface area contributed by atoms with Crippen molar-refractivity contribution in [2.24, 2.45) is 0 Å². The standard InChI is InChI=1S/C23H23ClN2O5S/c1-3-30-19-8-6-17(7-9-19)26-32(28,29)21-12-10-20(11-13-21)31-15-23(27)25-18-5-4-16(2)22(24)14-18/h4-14,26H,3,15H2,1-2H3,(H,25,27). The molecule has 0 aliphatic rings. The minimum Gasteiger partial charge on any atom is -0.494 e. The van der Waals surface area contributed by atoms with E-state index >= 15 is 0 Å². The van der Waals surface area contributed by atoms with Crippen LogP contribution >= 0.6 is 11.6 Å². The van der Waals surface area contributed by atoms with Crippen molar-refractivity contribution < 1.29 is 22.7 Å². The molecule has 32 heavy (non-hydrogen) atoms. The van der Waals surface area contributed by atoms with Gasteiger partial charge >= 0.3 is 0 Å². The lowest BCUT2D eigenvalue weighted by atomic mass is 10.2.